The Balaban J connectivity index is 1.83. The highest BCUT2D eigenvalue weighted by Crippen LogP contribution is 2.24. The van der Waals surface area contributed by atoms with E-state index in [9.17, 15) is 4.79 Å². The minimum atomic E-state index is -0.0789. The van der Waals surface area contributed by atoms with Gasteiger partial charge in [0.05, 0.1) is 11.4 Å². The van der Waals surface area contributed by atoms with E-state index in [0.29, 0.717) is 0 Å². The fourth-order valence-electron chi connectivity index (χ4n) is 2.19. The summed E-state index contributed by atoms with van der Waals surface area (Å²) in [7, 11) is 0. The van der Waals surface area contributed by atoms with E-state index in [-0.39, 0.29) is 5.91 Å². The van der Waals surface area contributed by atoms with Crippen LogP contribution in [-0.4, -0.2) is 15.7 Å². The van der Waals surface area contributed by atoms with Crippen molar-refractivity contribution in [1.29, 1.82) is 0 Å². The number of nitrogens with zero attached hydrogens (tertiary/aromatic N) is 2. The minimum absolute atomic E-state index is 0.0789. The van der Waals surface area contributed by atoms with Gasteiger partial charge in [-0.3, -0.25) is 4.79 Å². The highest BCUT2D eigenvalue weighted by Gasteiger charge is 2.04. The summed E-state index contributed by atoms with van der Waals surface area (Å²) >= 11 is 0. The van der Waals surface area contributed by atoms with Gasteiger partial charge in [-0.25, -0.2) is 4.68 Å². The molecular formula is C17H16N4O. The number of benzene rings is 2. The van der Waals surface area contributed by atoms with Crippen molar-refractivity contribution in [1.82, 2.24) is 9.78 Å². The normalized spacial score (nSPS) is 10.2. The molecule has 22 heavy (non-hydrogen) atoms. The topological polar surface area (TPSA) is 59.0 Å². The molecule has 0 aliphatic heterocycles. The van der Waals surface area contributed by atoms with Gasteiger partial charge in [0, 0.05) is 30.7 Å². The maximum Gasteiger partial charge on any atom is 0.221 e. The maximum atomic E-state index is 11.0. The Bertz CT molecular complexity index is 764. The van der Waals surface area contributed by atoms with Crippen LogP contribution >= 0.6 is 0 Å². The lowest BCUT2D eigenvalue weighted by Gasteiger charge is -2.12. The Kier molecular flexibility index (Phi) is 3.87. The summed E-state index contributed by atoms with van der Waals surface area (Å²) in [5.41, 5.74) is 3.64. The highest BCUT2D eigenvalue weighted by atomic mass is 16.1. The zero-order valence-corrected chi connectivity index (χ0v) is 12.2. The van der Waals surface area contributed by atoms with E-state index in [4.69, 9.17) is 0 Å². The first kappa shape index (κ1) is 13.9. The van der Waals surface area contributed by atoms with E-state index < -0.39 is 0 Å². The van der Waals surface area contributed by atoms with Crippen molar-refractivity contribution in [3.63, 3.8) is 0 Å². The Morgan fingerprint density at radius 2 is 1.73 bits per heavy atom. The van der Waals surface area contributed by atoms with Crippen LogP contribution in [0.4, 0.5) is 17.1 Å². The lowest BCUT2D eigenvalue weighted by molar-refractivity contribution is -0.114. The van der Waals surface area contributed by atoms with Crippen LogP contribution in [0.3, 0.4) is 0 Å². The average Bonchev–Trinajstić information content (AvgIpc) is 3.03. The van der Waals surface area contributed by atoms with Crippen molar-refractivity contribution in [3.05, 3.63) is 67.0 Å². The summed E-state index contributed by atoms with van der Waals surface area (Å²) in [6, 6.07) is 17.4. The number of hydrogen-bond acceptors (Lipinski definition) is 3. The molecule has 2 aromatic carbocycles. The molecule has 1 heterocycles. The molecule has 0 bridgehead atoms. The molecule has 2 N–H and O–H groups in total. The summed E-state index contributed by atoms with van der Waals surface area (Å²) < 4.78 is 1.81. The Labute approximate surface area is 128 Å². The van der Waals surface area contributed by atoms with E-state index in [1.54, 1.807) is 6.20 Å². The first-order chi connectivity index (χ1) is 10.7. The van der Waals surface area contributed by atoms with E-state index in [0.717, 1.165) is 22.7 Å². The molecular weight excluding hydrogens is 276 g/mol. The van der Waals surface area contributed by atoms with E-state index in [1.165, 1.54) is 6.92 Å². The third kappa shape index (κ3) is 3.15. The van der Waals surface area contributed by atoms with Crippen molar-refractivity contribution >= 4 is 23.0 Å². The number of carbonyl (C=O) groups excluding carboxylic acids is 1. The standard InChI is InChI=1S/C17H16N4O/c1-13(22)19-14-7-9-15(10-8-14)20-16-5-2-3-6-17(16)21-12-4-11-18-21/h2-12,20H,1H3,(H,19,22). The van der Waals surface area contributed by atoms with Crippen LogP contribution < -0.4 is 10.6 Å². The Hall–Kier alpha value is -3.08. The van der Waals surface area contributed by atoms with Crippen LogP contribution in [0, 0.1) is 0 Å². The number of hydrogen-bond donors (Lipinski definition) is 2. The second-order valence-electron chi connectivity index (χ2n) is 4.85. The monoisotopic (exact) mass is 292 g/mol. The molecule has 0 spiro atoms. The molecule has 0 aliphatic rings. The Morgan fingerprint density at radius 3 is 2.41 bits per heavy atom. The van der Waals surface area contributed by atoms with Gasteiger partial charge in [-0.1, -0.05) is 12.1 Å². The van der Waals surface area contributed by atoms with Crippen LogP contribution in [0.15, 0.2) is 67.0 Å². The number of rotatable bonds is 4. The maximum absolute atomic E-state index is 11.0. The van der Waals surface area contributed by atoms with Crippen molar-refractivity contribution in [2.45, 2.75) is 6.92 Å². The molecule has 0 radical (unpaired) electrons. The SMILES string of the molecule is CC(=O)Nc1ccc(Nc2ccccc2-n2cccn2)cc1. The molecule has 0 aliphatic carbocycles. The lowest BCUT2D eigenvalue weighted by atomic mass is 10.2. The van der Waals surface area contributed by atoms with Gasteiger partial charge in [-0.2, -0.15) is 5.10 Å². The molecule has 3 rings (SSSR count). The quantitative estimate of drug-likeness (QED) is 0.772. The zero-order valence-electron chi connectivity index (χ0n) is 12.2. The first-order valence-electron chi connectivity index (χ1n) is 6.96. The summed E-state index contributed by atoms with van der Waals surface area (Å²) in [5, 5.41) is 10.4. The fraction of sp³-hybridized carbons (Fsp3) is 0.0588. The second kappa shape index (κ2) is 6.13. The van der Waals surface area contributed by atoms with Gasteiger partial charge in [0.2, 0.25) is 5.91 Å². The molecule has 1 aromatic heterocycles. The number of amides is 1. The molecule has 0 unspecified atom stereocenters. The van der Waals surface area contributed by atoms with Crippen molar-refractivity contribution in [2.75, 3.05) is 10.6 Å². The summed E-state index contributed by atoms with van der Waals surface area (Å²) in [4.78, 5) is 11.0. The van der Waals surface area contributed by atoms with Crippen LogP contribution in [0.5, 0.6) is 0 Å². The number of anilines is 3. The third-order valence-electron chi connectivity index (χ3n) is 3.14. The molecule has 3 aromatic rings. The number of nitrogens with one attached hydrogen (secondary N) is 2. The smallest absolute Gasteiger partial charge is 0.221 e. The van der Waals surface area contributed by atoms with Gasteiger partial charge in [0.25, 0.3) is 0 Å². The van der Waals surface area contributed by atoms with Crippen LogP contribution in [-0.2, 0) is 4.79 Å². The van der Waals surface area contributed by atoms with E-state index in [1.807, 2.05) is 65.5 Å². The molecule has 1 amide bonds. The van der Waals surface area contributed by atoms with Gasteiger partial charge in [0.1, 0.15) is 0 Å². The minimum Gasteiger partial charge on any atom is -0.354 e. The molecule has 0 saturated heterocycles. The van der Waals surface area contributed by atoms with Gasteiger partial charge in [0.15, 0.2) is 0 Å². The fourth-order valence-corrected chi connectivity index (χ4v) is 2.19. The first-order valence-corrected chi connectivity index (χ1v) is 6.96. The summed E-state index contributed by atoms with van der Waals surface area (Å²) in [6.07, 6.45) is 3.65. The van der Waals surface area contributed by atoms with Gasteiger partial charge < -0.3 is 10.6 Å². The van der Waals surface area contributed by atoms with Crippen molar-refractivity contribution < 1.29 is 4.79 Å². The number of para-hydroxylation sites is 2. The van der Waals surface area contributed by atoms with Gasteiger partial charge in [-0.15, -0.1) is 0 Å². The molecule has 5 heteroatoms. The van der Waals surface area contributed by atoms with Crippen molar-refractivity contribution in [2.24, 2.45) is 0 Å². The predicted octanol–water partition coefficient (Wildman–Crippen LogP) is 3.57. The van der Waals surface area contributed by atoms with Crippen LogP contribution in [0.1, 0.15) is 6.92 Å². The van der Waals surface area contributed by atoms with Crippen molar-refractivity contribution in [3.8, 4) is 5.69 Å². The third-order valence-corrected chi connectivity index (χ3v) is 3.14. The summed E-state index contributed by atoms with van der Waals surface area (Å²) in [6.45, 7) is 1.49. The molecule has 110 valence electrons. The van der Waals surface area contributed by atoms with Gasteiger partial charge in [-0.05, 0) is 42.5 Å². The number of aromatic nitrogens is 2. The summed E-state index contributed by atoms with van der Waals surface area (Å²) in [5.74, 6) is -0.0789. The van der Waals surface area contributed by atoms with Gasteiger partial charge >= 0.3 is 0 Å². The number of carbonyl (C=O) groups is 1. The molecule has 5 nitrogen and oxygen atoms in total. The highest BCUT2D eigenvalue weighted by molar-refractivity contribution is 5.88. The molecule has 0 fully saturated rings. The van der Waals surface area contributed by atoms with Crippen LogP contribution in [0.2, 0.25) is 0 Å². The van der Waals surface area contributed by atoms with Crippen LogP contribution in [0.25, 0.3) is 5.69 Å². The average molecular weight is 292 g/mol. The predicted molar refractivity (Wildman–Crippen MR) is 87.6 cm³/mol. The lowest BCUT2D eigenvalue weighted by Crippen LogP contribution is -2.05. The molecule has 0 saturated carbocycles. The second-order valence-corrected chi connectivity index (χ2v) is 4.85. The van der Waals surface area contributed by atoms with E-state index in [2.05, 4.69) is 15.7 Å². The molecule has 0 atom stereocenters. The zero-order chi connectivity index (χ0) is 15.4. The van der Waals surface area contributed by atoms with E-state index >= 15 is 0 Å². The Morgan fingerprint density at radius 1 is 1.00 bits per heavy atom. The largest absolute Gasteiger partial charge is 0.354 e.